The molecule has 0 saturated heterocycles. The molecule has 0 bridgehead atoms. The molecule has 2 nitrogen and oxygen atoms in total. The van der Waals surface area contributed by atoms with E-state index >= 15 is 0 Å². The van der Waals surface area contributed by atoms with Crippen LogP contribution in [0.15, 0.2) is 5.38 Å². The molecule has 1 fully saturated rings. The van der Waals surface area contributed by atoms with Gasteiger partial charge in [0.25, 0.3) is 5.91 Å². The number of carbonyl (C=O) groups excluding carboxylic acids is 1. The van der Waals surface area contributed by atoms with Crippen LogP contribution in [0.4, 0.5) is 0 Å². The molecule has 1 amide bonds. The quantitative estimate of drug-likeness (QED) is 0.871. The first-order valence-electron chi connectivity index (χ1n) is 7.64. The lowest BCUT2D eigenvalue weighted by Crippen LogP contribution is -2.36. The SMILES string of the molecule is C[C@@H]1CCc2c(C(=O)NC3CCCCC3)csc2C1. The van der Waals surface area contributed by atoms with Gasteiger partial charge in [0, 0.05) is 16.3 Å². The molecule has 0 aromatic carbocycles. The summed E-state index contributed by atoms with van der Waals surface area (Å²) in [5.41, 5.74) is 2.31. The van der Waals surface area contributed by atoms with Gasteiger partial charge in [-0.2, -0.15) is 0 Å². The summed E-state index contributed by atoms with van der Waals surface area (Å²) in [6.07, 6.45) is 9.67. The van der Waals surface area contributed by atoms with Crippen LogP contribution in [0, 0.1) is 5.92 Å². The normalized spacial score (nSPS) is 23.9. The highest BCUT2D eigenvalue weighted by molar-refractivity contribution is 7.10. The average molecular weight is 277 g/mol. The molecule has 2 aliphatic rings. The lowest BCUT2D eigenvalue weighted by Gasteiger charge is -2.23. The summed E-state index contributed by atoms with van der Waals surface area (Å²) in [6.45, 7) is 2.31. The summed E-state index contributed by atoms with van der Waals surface area (Å²) in [7, 11) is 0. The summed E-state index contributed by atoms with van der Waals surface area (Å²) in [5, 5.41) is 5.33. The fraction of sp³-hybridized carbons (Fsp3) is 0.688. The Labute approximate surface area is 119 Å². The fourth-order valence-corrected chi connectivity index (χ4v) is 4.62. The molecule has 104 valence electrons. The Morgan fingerprint density at radius 1 is 1.26 bits per heavy atom. The van der Waals surface area contributed by atoms with Crippen molar-refractivity contribution in [1.29, 1.82) is 0 Å². The molecule has 1 atom stereocenters. The number of carbonyl (C=O) groups is 1. The van der Waals surface area contributed by atoms with Crippen molar-refractivity contribution in [2.24, 2.45) is 5.92 Å². The molecular formula is C16H23NOS. The molecule has 3 heteroatoms. The number of hydrogen-bond donors (Lipinski definition) is 1. The molecule has 1 N–H and O–H groups in total. The summed E-state index contributed by atoms with van der Waals surface area (Å²) >= 11 is 1.79. The van der Waals surface area contributed by atoms with Gasteiger partial charge in [0.15, 0.2) is 0 Å². The number of amides is 1. The number of thiophene rings is 1. The maximum Gasteiger partial charge on any atom is 0.252 e. The minimum absolute atomic E-state index is 0.180. The predicted octanol–water partition coefficient (Wildman–Crippen LogP) is 3.94. The van der Waals surface area contributed by atoms with Gasteiger partial charge in [-0.1, -0.05) is 26.2 Å². The van der Waals surface area contributed by atoms with E-state index in [9.17, 15) is 4.79 Å². The number of fused-ring (bicyclic) bond motifs is 1. The molecule has 1 aromatic rings. The molecule has 1 saturated carbocycles. The first-order valence-corrected chi connectivity index (χ1v) is 8.52. The van der Waals surface area contributed by atoms with Crippen molar-refractivity contribution < 1.29 is 4.79 Å². The third-order valence-electron chi connectivity index (χ3n) is 4.59. The Morgan fingerprint density at radius 3 is 2.84 bits per heavy atom. The minimum Gasteiger partial charge on any atom is -0.349 e. The fourth-order valence-electron chi connectivity index (χ4n) is 3.38. The van der Waals surface area contributed by atoms with Crippen LogP contribution in [0.5, 0.6) is 0 Å². The van der Waals surface area contributed by atoms with Gasteiger partial charge in [0.1, 0.15) is 0 Å². The summed E-state index contributed by atoms with van der Waals surface area (Å²) in [6, 6.07) is 0.416. The predicted molar refractivity (Wildman–Crippen MR) is 79.8 cm³/mol. The topological polar surface area (TPSA) is 29.1 Å². The Hall–Kier alpha value is -0.830. The van der Waals surface area contributed by atoms with E-state index in [0.29, 0.717) is 6.04 Å². The van der Waals surface area contributed by atoms with E-state index in [1.165, 1.54) is 36.1 Å². The van der Waals surface area contributed by atoms with E-state index < -0.39 is 0 Å². The number of rotatable bonds is 2. The third-order valence-corrected chi connectivity index (χ3v) is 5.64. The smallest absolute Gasteiger partial charge is 0.252 e. The zero-order valence-corrected chi connectivity index (χ0v) is 12.5. The highest BCUT2D eigenvalue weighted by Gasteiger charge is 2.24. The highest BCUT2D eigenvalue weighted by atomic mass is 32.1. The van der Waals surface area contributed by atoms with Crippen molar-refractivity contribution in [2.75, 3.05) is 0 Å². The molecular weight excluding hydrogens is 254 g/mol. The Balaban J connectivity index is 1.70. The van der Waals surface area contributed by atoms with Gasteiger partial charge in [-0.15, -0.1) is 11.3 Å². The van der Waals surface area contributed by atoms with Crippen LogP contribution >= 0.6 is 11.3 Å². The minimum atomic E-state index is 0.180. The van der Waals surface area contributed by atoms with Crippen molar-refractivity contribution in [3.8, 4) is 0 Å². The highest BCUT2D eigenvalue weighted by Crippen LogP contribution is 2.33. The van der Waals surface area contributed by atoms with Crippen LogP contribution in [0.25, 0.3) is 0 Å². The van der Waals surface area contributed by atoms with Gasteiger partial charge in [0.05, 0.1) is 5.56 Å². The summed E-state index contributed by atoms with van der Waals surface area (Å²) in [5.74, 6) is 0.958. The third kappa shape index (κ3) is 2.86. The molecule has 0 aliphatic heterocycles. The van der Waals surface area contributed by atoms with E-state index in [2.05, 4.69) is 17.6 Å². The van der Waals surface area contributed by atoms with Crippen molar-refractivity contribution in [3.05, 3.63) is 21.4 Å². The van der Waals surface area contributed by atoms with Crippen LogP contribution in [-0.2, 0) is 12.8 Å². The van der Waals surface area contributed by atoms with E-state index in [4.69, 9.17) is 0 Å². The standard InChI is InChI=1S/C16H23NOS/c1-11-7-8-13-14(10-19-15(13)9-11)16(18)17-12-5-3-2-4-6-12/h10-12H,2-9H2,1H3,(H,17,18)/t11-/m1/s1. The molecule has 0 unspecified atom stereocenters. The molecule has 1 aromatic heterocycles. The van der Waals surface area contributed by atoms with E-state index in [-0.39, 0.29) is 5.91 Å². The Bertz CT molecular complexity index is 459. The van der Waals surface area contributed by atoms with Gasteiger partial charge < -0.3 is 5.32 Å². The zero-order valence-electron chi connectivity index (χ0n) is 11.7. The molecule has 0 spiro atoms. The second-order valence-corrected chi connectivity index (χ2v) is 7.17. The van der Waals surface area contributed by atoms with Crippen molar-refractivity contribution in [3.63, 3.8) is 0 Å². The van der Waals surface area contributed by atoms with Crippen LogP contribution in [-0.4, -0.2) is 11.9 Å². The van der Waals surface area contributed by atoms with Gasteiger partial charge in [-0.05, 0) is 43.6 Å². The first kappa shape index (κ1) is 13.2. The maximum absolute atomic E-state index is 12.4. The van der Waals surface area contributed by atoms with E-state index in [1.807, 2.05) is 0 Å². The van der Waals surface area contributed by atoms with Crippen LogP contribution < -0.4 is 5.32 Å². The van der Waals surface area contributed by atoms with Gasteiger partial charge in [-0.3, -0.25) is 4.79 Å². The van der Waals surface area contributed by atoms with Crippen molar-refractivity contribution in [1.82, 2.24) is 5.32 Å². The van der Waals surface area contributed by atoms with Crippen LogP contribution in [0.1, 0.15) is 66.2 Å². The van der Waals surface area contributed by atoms with Crippen LogP contribution in [0.2, 0.25) is 0 Å². The second kappa shape index (κ2) is 5.66. The number of nitrogens with one attached hydrogen (secondary N) is 1. The van der Waals surface area contributed by atoms with Crippen molar-refractivity contribution in [2.45, 2.75) is 64.3 Å². The number of hydrogen-bond acceptors (Lipinski definition) is 2. The maximum atomic E-state index is 12.4. The van der Waals surface area contributed by atoms with Gasteiger partial charge in [-0.25, -0.2) is 0 Å². The average Bonchev–Trinajstić information content (AvgIpc) is 2.82. The molecule has 1 heterocycles. The monoisotopic (exact) mass is 277 g/mol. The molecule has 2 aliphatic carbocycles. The van der Waals surface area contributed by atoms with E-state index in [1.54, 1.807) is 11.3 Å². The molecule has 3 rings (SSSR count). The molecule has 19 heavy (non-hydrogen) atoms. The lowest BCUT2D eigenvalue weighted by molar-refractivity contribution is 0.0927. The van der Waals surface area contributed by atoms with Gasteiger partial charge in [0.2, 0.25) is 0 Å². The zero-order chi connectivity index (χ0) is 13.2. The Morgan fingerprint density at radius 2 is 2.05 bits per heavy atom. The first-order chi connectivity index (χ1) is 9.24. The summed E-state index contributed by atoms with van der Waals surface area (Å²) < 4.78 is 0. The second-order valence-electron chi connectivity index (χ2n) is 6.21. The lowest BCUT2D eigenvalue weighted by atomic mass is 9.88. The van der Waals surface area contributed by atoms with E-state index in [0.717, 1.165) is 37.2 Å². The summed E-state index contributed by atoms with van der Waals surface area (Å²) in [4.78, 5) is 13.9. The van der Waals surface area contributed by atoms with Gasteiger partial charge >= 0.3 is 0 Å². The molecule has 0 radical (unpaired) electrons. The Kier molecular flexibility index (Phi) is 3.92. The van der Waals surface area contributed by atoms with Crippen molar-refractivity contribution >= 4 is 17.2 Å². The largest absolute Gasteiger partial charge is 0.349 e. The van der Waals surface area contributed by atoms with Crippen LogP contribution in [0.3, 0.4) is 0 Å².